The molecule has 30 heavy (non-hydrogen) atoms. The van der Waals surface area contributed by atoms with E-state index in [-0.39, 0.29) is 9.77 Å². The second-order valence-electron chi connectivity index (χ2n) is 6.56. The van der Waals surface area contributed by atoms with Crippen LogP contribution < -0.4 is 10.2 Å². The Morgan fingerprint density at radius 1 is 1.20 bits per heavy atom. The lowest BCUT2D eigenvalue weighted by molar-refractivity contribution is -0.116. The fourth-order valence-electron chi connectivity index (χ4n) is 2.97. The number of benzene rings is 1. The number of nitrogens with zero attached hydrogens (tertiary/aromatic N) is 2. The van der Waals surface area contributed by atoms with Crippen LogP contribution in [0.25, 0.3) is 0 Å². The SMILES string of the molecule is COC(=O)c1sccc1S(=O)(=O)N(C)CC(=O)Nc1ccc(N2CCOCC2)cc1. The van der Waals surface area contributed by atoms with E-state index in [0.29, 0.717) is 18.9 Å². The Labute approximate surface area is 179 Å². The summed E-state index contributed by atoms with van der Waals surface area (Å²) in [6.45, 7) is 2.58. The first-order valence-corrected chi connectivity index (χ1v) is 11.5. The van der Waals surface area contributed by atoms with E-state index in [1.54, 1.807) is 12.1 Å². The lowest BCUT2D eigenvalue weighted by Crippen LogP contribution is -2.36. The average molecular weight is 454 g/mol. The Balaban J connectivity index is 1.63. The minimum absolute atomic E-state index is 0.0246. The normalized spacial score (nSPS) is 14.6. The van der Waals surface area contributed by atoms with Crippen LogP contribution >= 0.6 is 11.3 Å². The molecule has 0 aliphatic carbocycles. The van der Waals surface area contributed by atoms with Gasteiger partial charge in [0.05, 0.1) is 26.9 Å². The summed E-state index contributed by atoms with van der Waals surface area (Å²) in [5, 5.41) is 4.18. The van der Waals surface area contributed by atoms with Crippen molar-refractivity contribution in [1.82, 2.24) is 4.31 Å². The quantitative estimate of drug-likeness (QED) is 0.635. The first kappa shape index (κ1) is 22.2. The lowest BCUT2D eigenvalue weighted by Gasteiger charge is -2.28. The molecule has 9 nitrogen and oxygen atoms in total. The molecule has 1 amide bonds. The number of carbonyl (C=O) groups is 2. The molecule has 1 aliphatic heterocycles. The molecule has 0 bridgehead atoms. The van der Waals surface area contributed by atoms with Gasteiger partial charge in [-0.1, -0.05) is 0 Å². The van der Waals surface area contributed by atoms with Crippen molar-refractivity contribution in [3.8, 4) is 0 Å². The zero-order valence-corrected chi connectivity index (χ0v) is 18.3. The van der Waals surface area contributed by atoms with E-state index in [4.69, 9.17) is 4.74 Å². The van der Waals surface area contributed by atoms with Gasteiger partial charge in [-0.2, -0.15) is 4.31 Å². The van der Waals surface area contributed by atoms with Crippen LogP contribution in [0.2, 0.25) is 0 Å². The number of amides is 1. The van der Waals surface area contributed by atoms with Gasteiger partial charge < -0.3 is 19.7 Å². The van der Waals surface area contributed by atoms with E-state index in [1.165, 1.54) is 25.6 Å². The van der Waals surface area contributed by atoms with Crippen LogP contribution in [0.4, 0.5) is 11.4 Å². The molecule has 1 aliphatic rings. The van der Waals surface area contributed by atoms with E-state index in [0.717, 1.165) is 34.4 Å². The van der Waals surface area contributed by atoms with Crippen molar-refractivity contribution in [2.24, 2.45) is 0 Å². The van der Waals surface area contributed by atoms with Crippen LogP contribution in [0.15, 0.2) is 40.6 Å². The summed E-state index contributed by atoms with van der Waals surface area (Å²) in [5.74, 6) is -1.23. The topological polar surface area (TPSA) is 105 Å². The van der Waals surface area contributed by atoms with Crippen molar-refractivity contribution < 1.29 is 27.5 Å². The number of sulfonamides is 1. The highest BCUT2D eigenvalue weighted by Crippen LogP contribution is 2.25. The fraction of sp³-hybridized carbons (Fsp3) is 0.368. The van der Waals surface area contributed by atoms with Gasteiger partial charge in [0.15, 0.2) is 0 Å². The number of nitrogens with one attached hydrogen (secondary N) is 1. The Hall–Kier alpha value is -2.47. The van der Waals surface area contributed by atoms with E-state index in [9.17, 15) is 18.0 Å². The Morgan fingerprint density at radius 3 is 2.50 bits per heavy atom. The van der Waals surface area contributed by atoms with Crippen LogP contribution in [0.3, 0.4) is 0 Å². The van der Waals surface area contributed by atoms with E-state index < -0.39 is 28.4 Å². The summed E-state index contributed by atoms with van der Waals surface area (Å²) in [4.78, 5) is 26.1. The first-order chi connectivity index (χ1) is 14.3. The molecule has 3 rings (SSSR count). The molecule has 162 valence electrons. The summed E-state index contributed by atoms with van der Waals surface area (Å²) >= 11 is 0.968. The molecule has 0 saturated carbocycles. The molecule has 0 spiro atoms. The monoisotopic (exact) mass is 453 g/mol. The third kappa shape index (κ3) is 4.98. The molecule has 1 N–H and O–H groups in total. The maximum atomic E-state index is 12.8. The maximum absolute atomic E-state index is 12.8. The van der Waals surface area contributed by atoms with Crippen molar-refractivity contribution in [1.29, 1.82) is 0 Å². The molecule has 1 aromatic heterocycles. The number of esters is 1. The average Bonchev–Trinajstić information content (AvgIpc) is 3.25. The molecule has 1 fully saturated rings. The molecule has 2 aromatic rings. The second kappa shape index (κ2) is 9.56. The Bertz CT molecular complexity index is 998. The standard InChI is InChI=1S/C19H23N3O6S2/c1-21(30(25,26)16-7-12-29-18(16)19(24)27-2)13-17(23)20-14-3-5-15(6-4-14)22-8-10-28-11-9-22/h3-7,12H,8-11,13H2,1-2H3,(H,20,23). The number of thiophene rings is 1. The summed E-state index contributed by atoms with van der Waals surface area (Å²) in [6, 6.07) is 8.66. The summed E-state index contributed by atoms with van der Waals surface area (Å²) in [6.07, 6.45) is 0. The zero-order chi connectivity index (χ0) is 21.7. The van der Waals surface area contributed by atoms with Gasteiger partial charge in [-0.25, -0.2) is 13.2 Å². The van der Waals surface area contributed by atoms with Gasteiger partial charge in [0.2, 0.25) is 15.9 Å². The van der Waals surface area contributed by atoms with Crippen LogP contribution in [0.5, 0.6) is 0 Å². The molecule has 0 atom stereocenters. The van der Waals surface area contributed by atoms with E-state index in [1.807, 2.05) is 12.1 Å². The van der Waals surface area contributed by atoms with E-state index >= 15 is 0 Å². The highest BCUT2D eigenvalue weighted by Gasteiger charge is 2.29. The van der Waals surface area contributed by atoms with Gasteiger partial charge in [-0.3, -0.25) is 4.79 Å². The predicted octanol–water partition coefficient (Wildman–Crippen LogP) is 1.63. The van der Waals surface area contributed by atoms with Crippen LogP contribution in [-0.4, -0.2) is 71.6 Å². The molecule has 1 aromatic carbocycles. The number of methoxy groups -OCH3 is 1. The minimum Gasteiger partial charge on any atom is -0.465 e. The maximum Gasteiger partial charge on any atom is 0.349 e. The number of anilines is 2. The number of likely N-dealkylation sites (N-methyl/N-ethyl adjacent to an activating group) is 1. The predicted molar refractivity (Wildman–Crippen MR) is 114 cm³/mol. The molecule has 0 unspecified atom stereocenters. The van der Waals surface area contributed by atoms with Crippen molar-refractivity contribution in [2.75, 3.05) is 57.2 Å². The molecule has 2 heterocycles. The van der Waals surface area contributed by atoms with Crippen molar-refractivity contribution in [3.05, 3.63) is 40.6 Å². The second-order valence-corrected chi connectivity index (χ2v) is 9.49. The van der Waals surface area contributed by atoms with Gasteiger partial charge >= 0.3 is 5.97 Å². The van der Waals surface area contributed by atoms with Crippen molar-refractivity contribution in [2.45, 2.75) is 4.90 Å². The molecule has 0 radical (unpaired) electrons. The molecular weight excluding hydrogens is 430 g/mol. The fourth-order valence-corrected chi connectivity index (χ4v) is 5.41. The molecular formula is C19H23N3O6S2. The number of rotatable bonds is 7. The lowest BCUT2D eigenvalue weighted by atomic mass is 10.2. The number of ether oxygens (including phenoxy) is 2. The van der Waals surface area contributed by atoms with Gasteiger partial charge in [0.1, 0.15) is 9.77 Å². The third-order valence-corrected chi connectivity index (χ3v) is 7.45. The van der Waals surface area contributed by atoms with Gasteiger partial charge in [-0.05, 0) is 35.7 Å². The van der Waals surface area contributed by atoms with Crippen LogP contribution in [0, 0.1) is 0 Å². The van der Waals surface area contributed by atoms with Crippen LogP contribution in [0.1, 0.15) is 9.67 Å². The number of hydrogen-bond donors (Lipinski definition) is 1. The van der Waals surface area contributed by atoms with Crippen molar-refractivity contribution >= 4 is 44.6 Å². The van der Waals surface area contributed by atoms with Gasteiger partial charge in [-0.15, -0.1) is 11.3 Å². The highest BCUT2D eigenvalue weighted by atomic mass is 32.2. The van der Waals surface area contributed by atoms with Crippen molar-refractivity contribution in [3.63, 3.8) is 0 Å². The van der Waals surface area contributed by atoms with Gasteiger partial charge in [0, 0.05) is 31.5 Å². The van der Waals surface area contributed by atoms with Gasteiger partial charge in [0.25, 0.3) is 0 Å². The largest absolute Gasteiger partial charge is 0.465 e. The Morgan fingerprint density at radius 2 is 1.87 bits per heavy atom. The zero-order valence-electron chi connectivity index (χ0n) is 16.7. The molecule has 11 heteroatoms. The minimum atomic E-state index is -4.03. The highest BCUT2D eigenvalue weighted by molar-refractivity contribution is 7.89. The van der Waals surface area contributed by atoms with Crippen LogP contribution in [-0.2, 0) is 24.3 Å². The number of hydrogen-bond acceptors (Lipinski definition) is 8. The smallest absolute Gasteiger partial charge is 0.349 e. The number of morpholine rings is 1. The Kier molecular flexibility index (Phi) is 7.08. The van der Waals surface area contributed by atoms with E-state index in [2.05, 4.69) is 15.0 Å². The number of carbonyl (C=O) groups excluding carboxylic acids is 2. The third-order valence-electron chi connectivity index (χ3n) is 4.58. The summed E-state index contributed by atoms with van der Waals surface area (Å²) in [7, 11) is -1.56. The summed E-state index contributed by atoms with van der Waals surface area (Å²) < 4.78 is 36.4. The summed E-state index contributed by atoms with van der Waals surface area (Å²) in [5.41, 5.74) is 1.59. The molecule has 1 saturated heterocycles. The first-order valence-electron chi connectivity index (χ1n) is 9.17.